The second-order valence-corrected chi connectivity index (χ2v) is 8.71. The summed E-state index contributed by atoms with van der Waals surface area (Å²) in [6.45, 7) is 5.46. The molecule has 2 atom stereocenters. The number of hydrazine groups is 2. The molecule has 28 heavy (non-hydrogen) atoms. The summed E-state index contributed by atoms with van der Waals surface area (Å²) in [5.74, 6) is 1.08. The average molecular weight is 388 g/mol. The van der Waals surface area contributed by atoms with Gasteiger partial charge < -0.3 is 5.43 Å². The zero-order valence-corrected chi connectivity index (χ0v) is 17.7. The van der Waals surface area contributed by atoms with Crippen LogP contribution in [0.4, 0.5) is 4.39 Å². The van der Waals surface area contributed by atoms with Crippen LogP contribution in [-0.4, -0.2) is 11.6 Å². The molecule has 1 fully saturated rings. The number of unbranched alkanes of at least 4 members (excludes halogenated alkanes) is 2. The smallest absolute Gasteiger partial charge is 0.123 e. The Hall–Kier alpha value is -1.55. The maximum atomic E-state index is 14.4. The standard InChI is InChI=1S/C24H38FN3/c1-3-5-6-11-20(10-4-2)24(21-12-7-8-13-21,19-28-17-16-26-27-28)22-14-9-15-23(25)18-22/h9,14-18,20-21,26-27H,3-8,10-13,19H2,1-2H3. The van der Waals surface area contributed by atoms with Gasteiger partial charge in [-0.1, -0.05) is 64.5 Å². The van der Waals surface area contributed by atoms with Crippen LogP contribution in [-0.2, 0) is 5.41 Å². The SMILES string of the molecule is CCCCCC(CCC)C(CN1C=CNN1)(c1cccc(F)c1)C1CCCC1. The van der Waals surface area contributed by atoms with Gasteiger partial charge in [0.1, 0.15) is 5.82 Å². The first-order valence-corrected chi connectivity index (χ1v) is 11.4. The largest absolute Gasteiger partial charge is 0.310 e. The molecule has 3 nitrogen and oxygen atoms in total. The predicted octanol–water partition coefficient (Wildman–Crippen LogP) is 6.05. The van der Waals surface area contributed by atoms with Gasteiger partial charge in [0.25, 0.3) is 0 Å². The van der Waals surface area contributed by atoms with Crippen molar-refractivity contribution in [3.63, 3.8) is 0 Å². The van der Waals surface area contributed by atoms with Gasteiger partial charge >= 0.3 is 0 Å². The second kappa shape index (κ2) is 10.3. The van der Waals surface area contributed by atoms with E-state index in [0.29, 0.717) is 11.8 Å². The summed E-state index contributed by atoms with van der Waals surface area (Å²) in [6.07, 6.45) is 16.6. The summed E-state index contributed by atoms with van der Waals surface area (Å²) in [5.41, 5.74) is 7.54. The molecule has 1 saturated carbocycles. The first-order valence-electron chi connectivity index (χ1n) is 11.4. The molecule has 2 N–H and O–H groups in total. The van der Waals surface area contributed by atoms with E-state index >= 15 is 0 Å². The predicted molar refractivity (Wildman–Crippen MR) is 115 cm³/mol. The van der Waals surface area contributed by atoms with Gasteiger partial charge in [-0.25, -0.2) is 4.39 Å². The molecule has 3 rings (SSSR count). The van der Waals surface area contributed by atoms with Crippen LogP contribution in [0.25, 0.3) is 0 Å². The van der Waals surface area contributed by atoms with E-state index < -0.39 is 0 Å². The van der Waals surface area contributed by atoms with Crippen molar-refractivity contribution in [1.82, 2.24) is 16.0 Å². The second-order valence-electron chi connectivity index (χ2n) is 8.71. The van der Waals surface area contributed by atoms with Crippen molar-refractivity contribution in [2.45, 2.75) is 83.5 Å². The fourth-order valence-electron chi connectivity index (χ4n) is 5.68. The van der Waals surface area contributed by atoms with Gasteiger partial charge in [0.2, 0.25) is 0 Å². The van der Waals surface area contributed by atoms with Crippen LogP contribution in [0.3, 0.4) is 0 Å². The summed E-state index contributed by atoms with van der Waals surface area (Å²) in [4.78, 5) is 0. The van der Waals surface area contributed by atoms with Crippen LogP contribution < -0.4 is 11.0 Å². The van der Waals surface area contributed by atoms with Crippen LogP contribution in [0.1, 0.15) is 83.6 Å². The minimum atomic E-state index is -0.105. The van der Waals surface area contributed by atoms with Gasteiger partial charge in [0, 0.05) is 24.4 Å². The van der Waals surface area contributed by atoms with E-state index in [4.69, 9.17) is 0 Å². The van der Waals surface area contributed by atoms with Gasteiger partial charge in [0.05, 0.1) is 0 Å². The third kappa shape index (κ3) is 4.71. The number of halogens is 1. The molecule has 156 valence electrons. The first-order chi connectivity index (χ1) is 13.7. The highest BCUT2D eigenvalue weighted by Gasteiger charge is 2.48. The summed E-state index contributed by atoms with van der Waals surface area (Å²) >= 11 is 0. The molecule has 0 radical (unpaired) electrons. The van der Waals surface area contributed by atoms with Crippen molar-refractivity contribution in [1.29, 1.82) is 0 Å². The van der Waals surface area contributed by atoms with E-state index in [2.05, 4.69) is 42.1 Å². The fourth-order valence-corrected chi connectivity index (χ4v) is 5.68. The fraction of sp³-hybridized carbons (Fsp3) is 0.667. The molecule has 4 heteroatoms. The molecule has 1 heterocycles. The zero-order chi connectivity index (χ0) is 19.8. The van der Waals surface area contributed by atoms with Crippen LogP contribution in [0.15, 0.2) is 36.7 Å². The van der Waals surface area contributed by atoms with Crippen LogP contribution >= 0.6 is 0 Å². The van der Waals surface area contributed by atoms with Crippen LogP contribution in [0.2, 0.25) is 0 Å². The lowest BCUT2D eigenvalue weighted by atomic mass is 9.59. The maximum Gasteiger partial charge on any atom is 0.123 e. The van der Waals surface area contributed by atoms with Crippen molar-refractivity contribution < 1.29 is 4.39 Å². The van der Waals surface area contributed by atoms with E-state index in [1.165, 1.54) is 69.8 Å². The molecule has 0 aromatic heterocycles. The van der Waals surface area contributed by atoms with E-state index in [-0.39, 0.29) is 11.2 Å². The number of nitrogens with one attached hydrogen (secondary N) is 2. The third-order valence-corrected chi connectivity index (χ3v) is 6.95. The molecule has 2 aliphatic rings. The Bertz CT molecular complexity index is 626. The van der Waals surface area contributed by atoms with Gasteiger partial charge in [-0.15, -0.1) is 5.53 Å². The Morgan fingerprint density at radius 2 is 1.96 bits per heavy atom. The Kier molecular flexibility index (Phi) is 7.78. The molecule has 2 unspecified atom stereocenters. The molecule has 1 aromatic rings. The lowest BCUT2D eigenvalue weighted by Gasteiger charge is -2.48. The number of rotatable bonds is 11. The van der Waals surface area contributed by atoms with Crippen molar-refractivity contribution in [3.05, 3.63) is 48.0 Å². The highest BCUT2D eigenvalue weighted by molar-refractivity contribution is 5.30. The number of hydrogen-bond donors (Lipinski definition) is 2. The highest BCUT2D eigenvalue weighted by atomic mass is 19.1. The van der Waals surface area contributed by atoms with Gasteiger partial charge in [-0.05, 0) is 55.2 Å². The Balaban J connectivity index is 2.04. The van der Waals surface area contributed by atoms with Crippen molar-refractivity contribution in [2.75, 3.05) is 6.54 Å². The zero-order valence-electron chi connectivity index (χ0n) is 17.7. The van der Waals surface area contributed by atoms with Crippen LogP contribution in [0, 0.1) is 17.7 Å². The number of hydrogen-bond acceptors (Lipinski definition) is 3. The van der Waals surface area contributed by atoms with Gasteiger partial charge in [-0.3, -0.25) is 5.01 Å². The van der Waals surface area contributed by atoms with Crippen molar-refractivity contribution in [3.8, 4) is 0 Å². The summed E-state index contributed by atoms with van der Waals surface area (Å²) < 4.78 is 14.4. The van der Waals surface area contributed by atoms with Gasteiger partial charge in [-0.2, -0.15) is 0 Å². The van der Waals surface area contributed by atoms with Crippen molar-refractivity contribution >= 4 is 0 Å². The third-order valence-electron chi connectivity index (χ3n) is 6.95. The Labute approximate surface area is 170 Å². The molecule has 0 bridgehead atoms. The molecular weight excluding hydrogens is 349 g/mol. The topological polar surface area (TPSA) is 27.3 Å². The molecule has 1 aliphatic heterocycles. The average Bonchev–Trinajstić information content (AvgIpc) is 3.40. The minimum Gasteiger partial charge on any atom is -0.310 e. The molecule has 0 saturated heterocycles. The van der Waals surface area contributed by atoms with E-state index in [1.54, 1.807) is 6.07 Å². The normalized spacial score (nSPS) is 20.3. The van der Waals surface area contributed by atoms with Gasteiger partial charge in [0.15, 0.2) is 0 Å². The Morgan fingerprint density at radius 1 is 1.14 bits per heavy atom. The minimum absolute atomic E-state index is 0.0221. The van der Waals surface area contributed by atoms with E-state index in [0.717, 1.165) is 6.54 Å². The monoisotopic (exact) mass is 387 g/mol. The lowest BCUT2D eigenvalue weighted by Crippen LogP contribution is -2.52. The molecule has 1 aliphatic carbocycles. The highest BCUT2D eigenvalue weighted by Crippen LogP contribution is 2.50. The summed E-state index contributed by atoms with van der Waals surface area (Å²) in [6, 6.07) is 7.52. The van der Waals surface area contributed by atoms with Crippen molar-refractivity contribution in [2.24, 2.45) is 11.8 Å². The number of benzene rings is 1. The molecule has 0 spiro atoms. The summed E-state index contributed by atoms with van der Waals surface area (Å²) in [7, 11) is 0. The van der Waals surface area contributed by atoms with Crippen LogP contribution in [0.5, 0.6) is 0 Å². The first kappa shape index (κ1) is 21.2. The lowest BCUT2D eigenvalue weighted by molar-refractivity contribution is 0.0853. The molecular formula is C24H38FN3. The summed E-state index contributed by atoms with van der Waals surface area (Å²) in [5, 5.41) is 2.17. The number of nitrogens with zero attached hydrogens (tertiary/aromatic N) is 1. The van der Waals surface area contributed by atoms with E-state index in [9.17, 15) is 4.39 Å². The maximum absolute atomic E-state index is 14.4. The van der Waals surface area contributed by atoms with E-state index in [1.807, 2.05) is 18.3 Å². The quantitative estimate of drug-likeness (QED) is 0.453. The molecule has 1 aromatic carbocycles. The molecule has 0 amide bonds. The Morgan fingerprint density at radius 3 is 2.61 bits per heavy atom.